The van der Waals surface area contributed by atoms with E-state index in [-0.39, 0.29) is 19.4 Å². The molecule has 5 rings (SSSR count). The predicted molar refractivity (Wildman–Crippen MR) is 167 cm³/mol. The van der Waals surface area contributed by atoms with Crippen LogP contribution in [0.5, 0.6) is 0 Å². The Morgan fingerprint density at radius 2 is 1.69 bits per heavy atom. The summed E-state index contributed by atoms with van der Waals surface area (Å²) in [6.45, 7) is 8.35. The van der Waals surface area contributed by atoms with Gasteiger partial charge in [0.1, 0.15) is 5.84 Å². The first-order valence-electron chi connectivity index (χ1n) is 14.6. The number of nitrogens with zero attached hydrogens (tertiary/aromatic N) is 3. The Hall–Kier alpha value is -3.53. The number of fused-ring (bicyclic) bond motifs is 2. The van der Waals surface area contributed by atoms with Gasteiger partial charge >= 0.3 is 11.9 Å². The lowest BCUT2D eigenvalue weighted by Crippen LogP contribution is -2.55. The zero-order chi connectivity index (χ0) is 30.1. The van der Waals surface area contributed by atoms with Crippen molar-refractivity contribution in [2.75, 3.05) is 32.8 Å². The molecule has 42 heavy (non-hydrogen) atoms. The van der Waals surface area contributed by atoms with Crippen LogP contribution >= 0.6 is 11.3 Å². The highest BCUT2D eigenvalue weighted by molar-refractivity contribution is 7.12. The lowest BCUT2D eigenvalue weighted by Gasteiger charge is -2.42. The van der Waals surface area contributed by atoms with Crippen LogP contribution in [0.3, 0.4) is 0 Å². The largest absolute Gasteiger partial charge is 0.481 e. The quantitative estimate of drug-likeness (QED) is 0.305. The molecule has 9 heteroatoms. The first-order valence-corrected chi connectivity index (χ1v) is 15.4. The van der Waals surface area contributed by atoms with Crippen molar-refractivity contribution in [3.8, 4) is 0 Å². The Morgan fingerprint density at radius 1 is 1.00 bits per heavy atom. The van der Waals surface area contributed by atoms with E-state index in [0.29, 0.717) is 12.0 Å². The lowest BCUT2D eigenvalue weighted by molar-refractivity contribution is -0.143. The Kier molecular flexibility index (Phi) is 11.3. The molecule has 224 valence electrons. The van der Waals surface area contributed by atoms with Gasteiger partial charge in [-0.15, -0.1) is 11.3 Å². The molecule has 2 aliphatic heterocycles. The van der Waals surface area contributed by atoms with Crippen LogP contribution < -0.4 is 0 Å². The molecule has 0 saturated carbocycles. The summed E-state index contributed by atoms with van der Waals surface area (Å²) < 4.78 is 0. The van der Waals surface area contributed by atoms with Gasteiger partial charge in [-0.2, -0.15) is 0 Å². The van der Waals surface area contributed by atoms with E-state index in [1.54, 1.807) is 0 Å². The van der Waals surface area contributed by atoms with E-state index in [2.05, 4.69) is 84.3 Å². The third-order valence-electron chi connectivity index (χ3n) is 7.66. The predicted octanol–water partition coefficient (Wildman–Crippen LogP) is 5.40. The van der Waals surface area contributed by atoms with Crippen molar-refractivity contribution in [3.63, 3.8) is 0 Å². The molecule has 3 aromatic rings. The molecule has 3 N–H and O–H groups in total. The summed E-state index contributed by atoms with van der Waals surface area (Å²) in [5.41, 5.74) is 5.12. The van der Waals surface area contributed by atoms with Crippen molar-refractivity contribution in [1.82, 2.24) is 9.80 Å². The third-order valence-corrected chi connectivity index (χ3v) is 9.10. The fourth-order valence-electron chi connectivity index (χ4n) is 5.39. The van der Waals surface area contributed by atoms with Crippen LogP contribution in [0.4, 0.5) is 5.69 Å². The molecule has 0 radical (unpaired) electrons. The number of hydrogen-bond donors (Lipinski definition) is 3. The van der Waals surface area contributed by atoms with Crippen molar-refractivity contribution >= 4 is 34.8 Å². The van der Waals surface area contributed by atoms with Crippen LogP contribution in [0.15, 0.2) is 65.7 Å². The number of β-amino-alcohol motifs (C(OH)–C–C–N with tert-alkyl or cyclic N) is 1. The number of aliphatic carboxylic acids is 2. The summed E-state index contributed by atoms with van der Waals surface area (Å²) in [6, 6.07) is 22.2. The van der Waals surface area contributed by atoms with Gasteiger partial charge in [0.05, 0.1) is 25.1 Å². The standard InChI is InChI=1S/C29H35N3OS.C4H6O4/c1-21(2)27-19-25-28(34-27)18-23-10-6-7-11-26(23)30-29(25)32-15-14-31(16-17-33)24(20-32)13-12-22-8-4-3-5-9-22;5-3(6)1-2-4(7)8/h3-11,19,21,24,33H,12-18,20H2,1-2H3;1-2H2,(H,5,6)(H,7,8)/t24-;/m0./s1. The van der Waals surface area contributed by atoms with E-state index in [9.17, 15) is 14.7 Å². The Labute approximate surface area is 252 Å². The zero-order valence-electron chi connectivity index (χ0n) is 24.4. The average Bonchev–Trinajstić information content (AvgIpc) is 3.33. The smallest absolute Gasteiger partial charge is 0.303 e. The number of piperazine rings is 1. The third kappa shape index (κ3) is 8.50. The highest BCUT2D eigenvalue weighted by Crippen LogP contribution is 2.37. The van der Waals surface area contributed by atoms with Crippen molar-refractivity contribution in [2.24, 2.45) is 4.99 Å². The van der Waals surface area contributed by atoms with Gasteiger partial charge in [0.2, 0.25) is 0 Å². The van der Waals surface area contributed by atoms with Gasteiger partial charge in [-0.3, -0.25) is 14.5 Å². The molecule has 0 aliphatic carbocycles. The van der Waals surface area contributed by atoms with E-state index in [0.717, 1.165) is 57.0 Å². The zero-order valence-corrected chi connectivity index (χ0v) is 25.2. The molecule has 0 unspecified atom stereocenters. The fraction of sp³-hybridized carbons (Fsp3) is 0.424. The average molecular weight is 592 g/mol. The second-order valence-electron chi connectivity index (χ2n) is 11.1. The minimum absolute atomic E-state index is 0.211. The maximum Gasteiger partial charge on any atom is 0.303 e. The molecule has 8 nitrogen and oxygen atoms in total. The Morgan fingerprint density at radius 3 is 2.36 bits per heavy atom. The molecule has 1 aromatic heterocycles. The van der Waals surface area contributed by atoms with Crippen LogP contribution in [-0.2, 0) is 22.4 Å². The van der Waals surface area contributed by atoms with E-state index < -0.39 is 11.9 Å². The molecule has 1 saturated heterocycles. The number of carboxylic acids is 2. The molecular formula is C33H41N3O5S. The van der Waals surface area contributed by atoms with E-state index >= 15 is 0 Å². The molecule has 2 aromatic carbocycles. The molecule has 0 amide bonds. The Balaban J connectivity index is 0.000000446. The normalized spacial score (nSPS) is 16.5. The van der Waals surface area contributed by atoms with Crippen LogP contribution in [0.25, 0.3) is 0 Å². The second kappa shape index (κ2) is 15.1. The van der Waals surface area contributed by atoms with Crippen LogP contribution in [0, 0.1) is 0 Å². The number of aryl methyl sites for hydroxylation is 1. The van der Waals surface area contributed by atoms with Crippen LogP contribution in [0.2, 0.25) is 0 Å². The number of carbonyl (C=O) groups is 2. The summed E-state index contributed by atoms with van der Waals surface area (Å²) in [5, 5.41) is 25.5. The van der Waals surface area contributed by atoms with Gasteiger partial charge in [0.15, 0.2) is 0 Å². The lowest BCUT2D eigenvalue weighted by atomic mass is 10.0. The van der Waals surface area contributed by atoms with Gasteiger partial charge in [-0.05, 0) is 42.0 Å². The summed E-state index contributed by atoms with van der Waals surface area (Å²) >= 11 is 1.95. The number of benzene rings is 2. The molecule has 3 heterocycles. The first-order chi connectivity index (χ1) is 20.2. The van der Waals surface area contributed by atoms with Crippen LogP contribution in [-0.4, -0.2) is 81.7 Å². The van der Waals surface area contributed by atoms with Gasteiger partial charge in [-0.1, -0.05) is 62.4 Å². The molecule has 2 aliphatic rings. The number of amidine groups is 1. The number of aliphatic hydroxyl groups is 1. The highest BCUT2D eigenvalue weighted by atomic mass is 32.1. The number of rotatable bonds is 9. The highest BCUT2D eigenvalue weighted by Gasteiger charge is 2.31. The number of carboxylic acid groups (broad SMARTS) is 2. The molecular weight excluding hydrogens is 550 g/mol. The minimum Gasteiger partial charge on any atom is -0.481 e. The van der Waals surface area contributed by atoms with Gasteiger partial charge in [0.25, 0.3) is 0 Å². The SMILES string of the molecule is CC(C)c1cc2c(s1)Cc1ccccc1N=C2N1CCN(CCO)[C@@H](CCc2ccccc2)C1.O=C(O)CCC(=O)O. The van der Waals surface area contributed by atoms with Crippen molar-refractivity contribution in [3.05, 3.63) is 87.1 Å². The van der Waals surface area contributed by atoms with E-state index in [1.165, 1.54) is 26.4 Å². The second-order valence-corrected chi connectivity index (χ2v) is 12.2. The number of aliphatic hydroxyl groups excluding tert-OH is 1. The summed E-state index contributed by atoms with van der Waals surface area (Å²) in [7, 11) is 0. The van der Waals surface area contributed by atoms with E-state index in [4.69, 9.17) is 15.2 Å². The molecule has 1 fully saturated rings. The van der Waals surface area contributed by atoms with Gasteiger partial charge in [-0.25, -0.2) is 4.99 Å². The van der Waals surface area contributed by atoms with Gasteiger partial charge < -0.3 is 20.2 Å². The van der Waals surface area contributed by atoms with Crippen LogP contribution in [0.1, 0.15) is 65.5 Å². The monoisotopic (exact) mass is 591 g/mol. The maximum absolute atomic E-state index is 9.69. The number of hydrogen-bond acceptors (Lipinski definition) is 7. The molecule has 1 atom stereocenters. The molecule has 0 bridgehead atoms. The number of aliphatic imine (C=N–C) groups is 1. The summed E-state index contributed by atoms with van der Waals surface area (Å²) in [6.07, 6.45) is 2.50. The number of thiophene rings is 1. The van der Waals surface area contributed by atoms with E-state index in [1.807, 2.05) is 11.3 Å². The first kappa shape index (κ1) is 31.4. The maximum atomic E-state index is 9.69. The molecule has 0 spiro atoms. The topological polar surface area (TPSA) is 114 Å². The minimum atomic E-state index is -1.08. The van der Waals surface area contributed by atoms with Gasteiger partial charge in [0, 0.05) is 54.0 Å². The number of para-hydroxylation sites is 1. The summed E-state index contributed by atoms with van der Waals surface area (Å²) in [4.78, 5) is 32.4. The van der Waals surface area contributed by atoms with Crippen molar-refractivity contribution in [1.29, 1.82) is 0 Å². The summed E-state index contributed by atoms with van der Waals surface area (Å²) in [5.74, 6) is -0.496. The van der Waals surface area contributed by atoms with Crippen molar-refractivity contribution < 1.29 is 24.9 Å². The Bertz CT molecular complexity index is 1360. The fourth-order valence-corrected chi connectivity index (χ4v) is 6.57. The van der Waals surface area contributed by atoms with Crippen molar-refractivity contribution in [2.45, 2.75) is 57.9 Å².